The van der Waals surface area contributed by atoms with Crippen molar-refractivity contribution in [3.05, 3.63) is 64.8 Å². The van der Waals surface area contributed by atoms with Gasteiger partial charge in [0.15, 0.2) is 0 Å². The lowest BCUT2D eigenvalue weighted by molar-refractivity contribution is 0.0730. The van der Waals surface area contributed by atoms with Gasteiger partial charge in [0.1, 0.15) is 0 Å². The van der Waals surface area contributed by atoms with Crippen molar-refractivity contribution in [3.63, 3.8) is 0 Å². The second-order valence-corrected chi connectivity index (χ2v) is 10.2. The second kappa shape index (κ2) is 8.69. The van der Waals surface area contributed by atoms with Crippen molar-refractivity contribution in [1.82, 2.24) is 14.6 Å². The minimum Gasteiger partial charge on any atom is -0.379 e. The zero-order chi connectivity index (χ0) is 22.1. The lowest BCUT2D eigenvalue weighted by Gasteiger charge is -2.27. The molecule has 32 heavy (non-hydrogen) atoms. The van der Waals surface area contributed by atoms with Gasteiger partial charge in [0.2, 0.25) is 10.0 Å². The number of hydrogen-bond acceptors (Lipinski definition) is 4. The highest BCUT2D eigenvalue weighted by molar-refractivity contribution is 7.89. The van der Waals surface area contributed by atoms with Gasteiger partial charge in [-0.05, 0) is 48.9 Å². The number of carbonyl (C=O) groups is 1. The van der Waals surface area contributed by atoms with Crippen LogP contribution >= 0.6 is 0 Å². The molecule has 0 unspecified atom stereocenters. The van der Waals surface area contributed by atoms with Crippen LogP contribution in [0.1, 0.15) is 40.0 Å². The molecule has 0 saturated carbocycles. The molecule has 0 radical (unpaired) electrons. The summed E-state index contributed by atoms with van der Waals surface area (Å²) in [5.41, 5.74) is 4.58. The van der Waals surface area contributed by atoms with E-state index in [4.69, 9.17) is 4.74 Å². The second-order valence-electron chi connectivity index (χ2n) is 8.32. The summed E-state index contributed by atoms with van der Waals surface area (Å²) in [6.07, 6.45) is 4.38. The van der Waals surface area contributed by atoms with Crippen LogP contribution in [-0.4, -0.2) is 49.9 Å². The predicted octanol–water partition coefficient (Wildman–Crippen LogP) is 3.00. The highest BCUT2D eigenvalue weighted by Crippen LogP contribution is 2.31. The van der Waals surface area contributed by atoms with E-state index in [9.17, 15) is 13.2 Å². The van der Waals surface area contributed by atoms with Gasteiger partial charge >= 0.3 is 0 Å². The summed E-state index contributed by atoms with van der Waals surface area (Å²) in [6, 6.07) is 12.7. The Balaban J connectivity index is 1.39. The third-order valence-corrected chi connectivity index (χ3v) is 8.38. The molecule has 2 aliphatic rings. The largest absolute Gasteiger partial charge is 0.379 e. The van der Waals surface area contributed by atoms with E-state index in [1.165, 1.54) is 22.0 Å². The average molecular weight is 454 g/mol. The van der Waals surface area contributed by atoms with Gasteiger partial charge in [-0.3, -0.25) is 4.79 Å². The molecule has 0 spiro atoms. The standard InChI is InChI=1S/C24H27N3O4S/c28-24(20-9-5-8-19-18-7-2-3-10-21(18)26-23(19)20)25-16-17-6-1-4-11-22(17)32(29,30)27-12-14-31-15-13-27/h1,4-6,8-9,11,26H,2-3,7,10,12-16H2,(H,25,28). The van der Waals surface area contributed by atoms with Gasteiger partial charge in [0.05, 0.1) is 29.2 Å². The number of amides is 1. The molecular formula is C24H27N3O4S. The lowest BCUT2D eigenvalue weighted by Crippen LogP contribution is -2.41. The number of sulfonamides is 1. The molecule has 1 amide bonds. The molecule has 1 saturated heterocycles. The van der Waals surface area contributed by atoms with E-state index in [1.54, 1.807) is 24.3 Å². The van der Waals surface area contributed by atoms with Crippen molar-refractivity contribution in [2.75, 3.05) is 26.3 Å². The van der Waals surface area contributed by atoms with E-state index >= 15 is 0 Å². The van der Waals surface area contributed by atoms with Crippen LogP contribution in [0, 0.1) is 0 Å². The zero-order valence-corrected chi connectivity index (χ0v) is 18.7. The molecule has 1 aromatic heterocycles. The average Bonchev–Trinajstić information content (AvgIpc) is 3.22. The minimum absolute atomic E-state index is 0.134. The van der Waals surface area contributed by atoms with E-state index in [2.05, 4.69) is 16.4 Å². The number of nitrogens with zero attached hydrogens (tertiary/aromatic N) is 1. The lowest BCUT2D eigenvalue weighted by atomic mass is 9.95. The predicted molar refractivity (Wildman–Crippen MR) is 122 cm³/mol. The Kier molecular flexibility index (Phi) is 5.75. The molecule has 1 fully saturated rings. The maximum atomic E-state index is 13.2. The van der Waals surface area contributed by atoms with Gasteiger partial charge in [-0.25, -0.2) is 8.42 Å². The van der Waals surface area contributed by atoms with Crippen LogP contribution in [0.2, 0.25) is 0 Å². The van der Waals surface area contributed by atoms with Gasteiger partial charge in [-0.2, -0.15) is 4.31 Å². The summed E-state index contributed by atoms with van der Waals surface area (Å²) in [6.45, 7) is 1.59. The molecule has 0 atom stereocenters. The van der Waals surface area contributed by atoms with E-state index in [0.717, 1.165) is 30.2 Å². The Bertz CT molecular complexity index is 1260. The Hall–Kier alpha value is -2.68. The fourth-order valence-corrected chi connectivity index (χ4v) is 6.35. The first-order chi connectivity index (χ1) is 15.6. The number of morpholine rings is 1. The number of aromatic amines is 1. The Morgan fingerprint density at radius 1 is 1.03 bits per heavy atom. The summed E-state index contributed by atoms with van der Waals surface area (Å²) in [7, 11) is -3.65. The van der Waals surface area contributed by atoms with Crippen LogP contribution in [0.15, 0.2) is 47.4 Å². The topological polar surface area (TPSA) is 91.5 Å². The number of aromatic nitrogens is 1. The molecule has 7 nitrogen and oxygen atoms in total. The number of para-hydroxylation sites is 1. The Labute approximate surface area is 187 Å². The van der Waals surface area contributed by atoms with Gasteiger partial charge in [-0.15, -0.1) is 0 Å². The third kappa shape index (κ3) is 3.83. The van der Waals surface area contributed by atoms with Crippen LogP contribution in [0.25, 0.3) is 10.9 Å². The molecule has 2 heterocycles. The van der Waals surface area contributed by atoms with Gasteiger partial charge < -0.3 is 15.0 Å². The number of rotatable bonds is 5. The summed E-state index contributed by atoms with van der Waals surface area (Å²) in [5.74, 6) is -0.215. The molecule has 2 aromatic carbocycles. The van der Waals surface area contributed by atoms with Gasteiger partial charge in [0, 0.05) is 30.7 Å². The molecule has 1 aliphatic heterocycles. The first-order valence-electron chi connectivity index (χ1n) is 11.1. The van der Waals surface area contributed by atoms with Crippen LogP contribution in [0.3, 0.4) is 0 Å². The fraction of sp³-hybridized carbons (Fsp3) is 0.375. The van der Waals surface area contributed by atoms with Crippen LogP contribution in [0.5, 0.6) is 0 Å². The van der Waals surface area contributed by atoms with Gasteiger partial charge in [-0.1, -0.05) is 30.3 Å². The highest BCUT2D eigenvalue weighted by atomic mass is 32.2. The molecule has 2 N–H and O–H groups in total. The van der Waals surface area contributed by atoms with Crippen molar-refractivity contribution in [2.24, 2.45) is 0 Å². The fourth-order valence-electron chi connectivity index (χ4n) is 4.72. The first kappa shape index (κ1) is 21.2. The van der Waals surface area contributed by atoms with Crippen LogP contribution < -0.4 is 5.32 Å². The van der Waals surface area contributed by atoms with Crippen LogP contribution in [0.4, 0.5) is 0 Å². The molecule has 0 bridgehead atoms. The highest BCUT2D eigenvalue weighted by Gasteiger charge is 2.28. The quantitative estimate of drug-likeness (QED) is 0.621. The SMILES string of the molecule is O=C(NCc1ccccc1S(=O)(=O)N1CCOCC1)c1cccc2c3c([nH]c12)CCCC3. The minimum atomic E-state index is -3.65. The first-order valence-corrected chi connectivity index (χ1v) is 12.6. The maximum Gasteiger partial charge on any atom is 0.253 e. The number of benzene rings is 2. The molecule has 3 aromatic rings. The van der Waals surface area contributed by atoms with E-state index in [-0.39, 0.29) is 17.3 Å². The number of fused-ring (bicyclic) bond motifs is 3. The van der Waals surface area contributed by atoms with Crippen molar-refractivity contribution in [3.8, 4) is 0 Å². The molecular weight excluding hydrogens is 426 g/mol. The summed E-state index contributed by atoms with van der Waals surface area (Å²) >= 11 is 0. The summed E-state index contributed by atoms with van der Waals surface area (Å²) in [4.78, 5) is 16.8. The van der Waals surface area contributed by atoms with Crippen molar-refractivity contribution in [2.45, 2.75) is 37.1 Å². The number of hydrogen-bond donors (Lipinski definition) is 2. The number of H-pyrrole nitrogens is 1. The molecule has 5 rings (SSSR count). The molecule has 8 heteroatoms. The monoisotopic (exact) mass is 453 g/mol. The van der Waals surface area contributed by atoms with Gasteiger partial charge in [0.25, 0.3) is 5.91 Å². The number of ether oxygens (including phenoxy) is 1. The Morgan fingerprint density at radius 3 is 2.66 bits per heavy atom. The van der Waals surface area contributed by atoms with E-state index < -0.39 is 10.0 Å². The smallest absolute Gasteiger partial charge is 0.253 e. The molecule has 1 aliphatic carbocycles. The maximum absolute atomic E-state index is 13.2. The Morgan fingerprint density at radius 2 is 1.81 bits per heavy atom. The van der Waals surface area contributed by atoms with E-state index in [1.807, 2.05) is 12.1 Å². The van der Waals surface area contributed by atoms with Crippen LogP contribution in [-0.2, 0) is 34.1 Å². The summed E-state index contributed by atoms with van der Waals surface area (Å²) < 4.78 is 33.1. The van der Waals surface area contributed by atoms with Crippen molar-refractivity contribution < 1.29 is 17.9 Å². The normalized spacial score (nSPS) is 17.2. The third-order valence-electron chi connectivity index (χ3n) is 6.38. The van der Waals surface area contributed by atoms with E-state index in [0.29, 0.717) is 37.4 Å². The number of carbonyl (C=O) groups excluding carboxylic acids is 1. The van der Waals surface area contributed by atoms with Crippen molar-refractivity contribution in [1.29, 1.82) is 0 Å². The zero-order valence-electron chi connectivity index (χ0n) is 17.9. The number of aryl methyl sites for hydroxylation is 2. The van der Waals surface area contributed by atoms with Crippen molar-refractivity contribution >= 4 is 26.8 Å². The molecule has 168 valence electrons. The number of nitrogens with one attached hydrogen (secondary N) is 2. The summed E-state index contributed by atoms with van der Waals surface area (Å²) in [5, 5.41) is 4.05.